The van der Waals surface area contributed by atoms with Gasteiger partial charge in [0.1, 0.15) is 0 Å². The number of carbonyl (C=O) groups is 1. The number of rotatable bonds is 2. The third-order valence-electron chi connectivity index (χ3n) is 5.31. The topological polar surface area (TPSA) is 62.5 Å². The average molecular weight is 359 g/mol. The fourth-order valence-corrected chi connectivity index (χ4v) is 3.86. The van der Waals surface area contributed by atoms with Gasteiger partial charge in [-0.3, -0.25) is 9.78 Å². The monoisotopic (exact) mass is 359 g/mol. The van der Waals surface area contributed by atoms with Crippen LogP contribution in [-0.2, 0) is 11.2 Å². The third kappa shape index (κ3) is 2.92. The molecule has 3 heterocycles. The van der Waals surface area contributed by atoms with E-state index in [2.05, 4.69) is 38.4 Å². The highest BCUT2D eigenvalue weighted by Crippen LogP contribution is 2.30. The zero-order chi connectivity index (χ0) is 18.4. The van der Waals surface area contributed by atoms with Crippen LogP contribution in [0.15, 0.2) is 36.8 Å². The minimum absolute atomic E-state index is 0.119. The lowest BCUT2D eigenvalue weighted by Crippen LogP contribution is -2.43. The predicted octanol–water partition coefficient (Wildman–Crippen LogP) is 2.11. The van der Waals surface area contributed by atoms with Gasteiger partial charge in [0.05, 0.1) is 17.6 Å². The fraction of sp³-hybridized carbons (Fsp3) is 0.286. The minimum atomic E-state index is 0.119. The van der Waals surface area contributed by atoms with E-state index in [4.69, 9.17) is 0 Å². The standard InChI is InChI=1S/C21H21N5O/c1-14-12-26-13-19(24-21(26)11-23-14)18-9-15-2-3-17(8-16(15)10-20(18)27)25-6-4-22-5-7-25/h2-3,8-9,11-13,22H,4-7,10H2,1H3. The van der Waals surface area contributed by atoms with Crippen molar-refractivity contribution in [1.29, 1.82) is 0 Å². The van der Waals surface area contributed by atoms with Crippen molar-refractivity contribution >= 4 is 28.8 Å². The first-order chi connectivity index (χ1) is 13.2. The van der Waals surface area contributed by atoms with Crippen LogP contribution in [0.3, 0.4) is 0 Å². The molecule has 27 heavy (non-hydrogen) atoms. The number of imidazole rings is 1. The summed E-state index contributed by atoms with van der Waals surface area (Å²) >= 11 is 0. The van der Waals surface area contributed by atoms with E-state index in [-0.39, 0.29) is 5.78 Å². The molecule has 0 atom stereocenters. The number of piperazine rings is 1. The third-order valence-corrected chi connectivity index (χ3v) is 5.31. The molecule has 1 aromatic carbocycles. The molecule has 0 radical (unpaired) electrons. The maximum absolute atomic E-state index is 12.8. The van der Waals surface area contributed by atoms with E-state index in [1.807, 2.05) is 29.8 Å². The summed E-state index contributed by atoms with van der Waals surface area (Å²) in [4.78, 5) is 24.1. The van der Waals surface area contributed by atoms with Gasteiger partial charge in [-0.15, -0.1) is 0 Å². The molecule has 136 valence electrons. The van der Waals surface area contributed by atoms with Gasteiger partial charge in [-0.1, -0.05) is 6.07 Å². The van der Waals surface area contributed by atoms with Crippen molar-refractivity contribution in [2.24, 2.45) is 0 Å². The normalized spacial score (nSPS) is 17.1. The molecule has 2 aromatic heterocycles. The van der Waals surface area contributed by atoms with Crippen LogP contribution < -0.4 is 10.2 Å². The van der Waals surface area contributed by atoms with Crippen molar-refractivity contribution in [1.82, 2.24) is 19.7 Å². The van der Waals surface area contributed by atoms with Crippen LogP contribution in [0, 0.1) is 6.92 Å². The van der Waals surface area contributed by atoms with E-state index in [0.29, 0.717) is 17.7 Å². The lowest BCUT2D eigenvalue weighted by atomic mass is 9.89. The Kier molecular flexibility index (Phi) is 3.79. The van der Waals surface area contributed by atoms with Gasteiger partial charge in [-0.2, -0.15) is 0 Å². The molecule has 0 amide bonds. The first kappa shape index (κ1) is 16.2. The van der Waals surface area contributed by atoms with E-state index < -0.39 is 0 Å². The Labute approximate surface area is 157 Å². The summed E-state index contributed by atoms with van der Waals surface area (Å²) in [5.74, 6) is 0.119. The fourth-order valence-electron chi connectivity index (χ4n) is 3.86. The summed E-state index contributed by atoms with van der Waals surface area (Å²) in [6.07, 6.45) is 7.97. The lowest BCUT2D eigenvalue weighted by molar-refractivity contribution is -0.113. The van der Waals surface area contributed by atoms with Crippen molar-refractivity contribution in [3.8, 4) is 0 Å². The molecule has 0 saturated carbocycles. The van der Waals surface area contributed by atoms with Gasteiger partial charge in [0.15, 0.2) is 11.4 Å². The molecule has 0 unspecified atom stereocenters. The minimum Gasteiger partial charge on any atom is -0.369 e. The molecule has 0 spiro atoms. The number of nitrogens with zero attached hydrogens (tertiary/aromatic N) is 4. The first-order valence-corrected chi connectivity index (χ1v) is 9.32. The van der Waals surface area contributed by atoms with E-state index in [1.54, 1.807) is 6.20 Å². The molecule has 2 aliphatic rings. The van der Waals surface area contributed by atoms with Crippen LogP contribution in [0.5, 0.6) is 0 Å². The number of nitrogens with one attached hydrogen (secondary N) is 1. The van der Waals surface area contributed by atoms with Gasteiger partial charge in [0, 0.05) is 56.3 Å². The smallest absolute Gasteiger partial charge is 0.169 e. The number of allylic oxidation sites excluding steroid dienone is 1. The highest BCUT2D eigenvalue weighted by Gasteiger charge is 2.23. The summed E-state index contributed by atoms with van der Waals surface area (Å²) in [5.41, 5.74) is 6.47. The highest BCUT2D eigenvalue weighted by molar-refractivity contribution is 6.27. The molecular weight excluding hydrogens is 338 g/mol. The van der Waals surface area contributed by atoms with Crippen LogP contribution in [-0.4, -0.2) is 46.3 Å². The summed E-state index contributed by atoms with van der Waals surface area (Å²) < 4.78 is 1.93. The number of hydrogen-bond donors (Lipinski definition) is 1. The van der Waals surface area contributed by atoms with Crippen molar-refractivity contribution in [3.63, 3.8) is 0 Å². The first-order valence-electron chi connectivity index (χ1n) is 9.32. The second kappa shape index (κ2) is 6.32. The Morgan fingerprint density at radius 3 is 2.85 bits per heavy atom. The molecule has 1 fully saturated rings. The van der Waals surface area contributed by atoms with Crippen LogP contribution in [0.25, 0.3) is 17.3 Å². The van der Waals surface area contributed by atoms with Crippen LogP contribution in [0.2, 0.25) is 0 Å². The number of hydrogen-bond acceptors (Lipinski definition) is 5. The molecule has 0 bridgehead atoms. The molecule has 3 aromatic rings. The maximum atomic E-state index is 12.8. The molecule has 1 N–H and O–H groups in total. The Bertz CT molecular complexity index is 1080. The van der Waals surface area contributed by atoms with Crippen LogP contribution in [0.1, 0.15) is 22.5 Å². The van der Waals surface area contributed by atoms with Crippen LogP contribution in [0.4, 0.5) is 5.69 Å². The van der Waals surface area contributed by atoms with Gasteiger partial charge in [0.2, 0.25) is 0 Å². The molecule has 6 nitrogen and oxygen atoms in total. The van der Waals surface area contributed by atoms with Crippen molar-refractivity contribution < 1.29 is 4.79 Å². The Balaban J connectivity index is 1.51. The number of ketones is 1. The highest BCUT2D eigenvalue weighted by atomic mass is 16.1. The summed E-state index contributed by atoms with van der Waals surface area (Å²) in [5, 5.41) is 3.37. The number of aryl methyl sites for hydroxylation is 1. The zero-order valence-electron chi connectivity index (χ0n) is 15.3. The van der Waals surface area contributed by atoms with Gasteiger partial charge in [-0.05, 0) is 36.3 Å². The van der Waals surface area contributed by atoms with Crippen LogP contribution >= 0.6 is 0 Å². The number of anilines is 1. The molecule has 1 saturated heterocycles. The number of fused-ring (bicyclic) bond motifs is 2. The molecule has 6 heteroatoms. The quantitative estimate of drug-likeness (QED) is 0.759. The lowest BCUT2D eigenvalue weighted by Gasteiger charge is -2.30. The number of benzene rings is 1. The SMILES string of the molecule is Cc1cn2cc(C3=Cc4ccc(N5CCNCC5)cc4CC3=O)nc2cn1. The average Bonchev–Trinajstić information content (AvgIpc) is 3.10. The summed E-state index contributed by atoms with van der Waals surface area (Å²) in [6.45, 7) is 5.95. The van der Waals surface area contributed by atoms with Crippen molar-refractivity contribution in [2.75, 3.05) is 31.1 Å². The summed E-state index contributed by atoms with van der Waals surface area (Å²) in [7, 11) is 0. The predicted molar refractivity (Wildman–Crippen MR) is 106 cm³/mol. The number of carbonyl (C=O) groups excluding carboxylic acids is 1. The van der Waals surface area contributed by atoms with E-state index in [9.17, 15) is 4.79 Å². The molecule has 5 rings (SSSR count). The van der Waals surface area contributed by atoms with E-state index in [1.165, 1.54) is 5.69 Å². The Hall–Kier alpha value is -2.99. The van der Waals surface area contributed by atoms with Gasteiger partial charge < -0.3 is 14.6 Å². The Morgan fingerprint density at radius 1 is 1.15 bits per heavy atom. The van der Waals surface area contributed by atoms with E-state index >= 15 is 0 Å². The molecule has 1 aliphatic carbocycles. The van der Waals surface area contributed by atoms with E-state index in [0.717, 1.165) is 48.6 Å². The number of Topliss-reactive ketones (excluding diaryl/α,β-unsaturated/α-hetero) is 1. The largest absolute Gasteiger partial charge is 0.369 e. The molecule has 1 aliphatic heterocycles. The van der Waals surface area contributed by atoms with Crippen molar-refractivity contribution in [3.05, 3.63) is 59.3 Å². The second-order valence-electron chi connectivity index (χ2n) is 7.20. The Morgan fingerprint density at radius 2 is 2.00 bits per heavy atom. The maximum Gasteiger partial charge on any atom is 0.169 e. The summed E-state index contributed by atoms with van der Waals surface area (Å²) in [6, 6.07) is 6.45. The number of aromatic nitrogens is 3. The van der Waals surface area contributed by atoms with Gasteiger partial charge in [-0.25, -0.2) is 4.98 Å². The van der Waals surface area contributed by atoms with Crippen molar-refractivity contribution in [2.45, 2.75) is 13.3 Å². The zero-order valence-corrected chi connectivity index (χ0v) is 15.3. The van der Waals surface area contributed by atoms with Gasteiger partial charge in [0.25, 0.3) is 0 Å². The second-order valence-corrected chi connectivity index (χ2v) is 7.20. The molecular formula is C21H21N5O. The van der Waals surface area contributed by atoms with Gasteiger partial charge >= 0.3 is 0 Å².